The molecule has 2 aromatic rings. The van der Waals surface area contributed by atoms with Gasteiger partial charge < -0.3 is 69.9 Å². The molecule has 2 aliphatic carbocycles. The number of hydrogen-bond donors (Lipinski definition) is 9. The fourth-order valence-corrected chi connectivity index (χ4v) is 7.21. The van der Waals surface area contributed by atoms with Gasteiger partial charge in [-0.1, -0.05) is 12.1 Å². The van der Waals surface area contributed by atoms with Crippen LogP contribution in [0.2, 0.25) is 0 Å². The van der Waals surface area contributed by atoms with Crippen LogP contribution < -0.4 is 10.1 Å². The average Bonchev–Trinajstić information content (AvgIpc) is 3.10. The number of benzene rings is 2. The van der Waals surface area contributed by atoms with Gasteiger partial charge >= 0.3 is 12.1 Å². The highest BCUT2D eigenvalue weighted by atomic mass is 16.7. The molecule has 0 unspecified atom stereocenters. The van der Waals surface area contributed by atoms with Crippen LogP contribution in [0.25, 0.3) is 0 Å². The molecule has 11 atom stereocenters. The van der Waals surface area contributed by atoms with Crippen LogP contribution >= 0.6 is 0 Å². The van der Waals surface area contributed by atoms with E-state index in [2.05, 4.69) is 5.32 Å². The van der Waals surface area contributed by atoms with E-state index in [9.17, 15) is 64.8 Å². The number of aromatic hydroxyl groups is 2. The van der Waals surface area contributed by atoms with Gasteiger partial charge in [0, 0.05) is 36.0 Å². The summed E-state index contributed by atoms with van der Waals surface area (Å²) in [5.41, 5.74) is -4.05. The van der Waals surface area contributed by atoms with Crippen LogP contribution in [0.15, 0.2) is 18.2 Å². The molecule has 6 rings (SSSR count). The monoisotopic (exact) mass is 747 g/mol. The summed E-state index contributed by atoms with van der Waals surface area (Å²) in [6, 6.07) is 2.98. The van der Waals surface area contributed by atoms with Crippen molar-refractivity contribution < 1.29 is 88.5 Å². The number of ketones is 3. The predicted octanol–water partition coefficient (Wildman–Crippen LogP) is -1.31. The topological polar surface area (TPSA) is 305 Å². The Morgan fingerprint density at radius 2 is 1.60 bits per heavy atom. The molecule has 2 aromatic carbocycles. The van der Waals surface area contributed by atoms with Crippen molar-refractivity contribution in [3.05, 3.63) is 51.6 Å². The summed E-state index contributed by atoms with van der Waals surface area (Å²) in [6.45, 7) is 2.49. The molecule has 286 valence electrons. The van der Waals surface area contributed by atoms with Gasteiger partial charge in [-0.25, -0.2) is 9.59 Å². The number of nitrogens with one attached hydrogen (secondary N) is 1. The van der Waals surface area contributed by atoms with Crippen molar-refractivity contribution in [2.45, 2.75) is 100 Å². The number of hydrogen-bond acceptors (Lipinski definition) is 17. The number of amides is 1. The standard InChI is InChI=1S/C34H37NO18/c1-10-22(37)14(35-33(47)53-32-29(44)27(42)28(43)30(52-32)31(45)46)7-17(50-10)51-16-9-34(48,11(2)36)8-13-19(16)26(41)21-20(24(13)39)23(38)12-5-4-6-15(49-3)18(12)25(21)40/h4-6,10,14,16-17,22,27-30,32,37,39,41-44,48H,7-9H2,1-3H3,(H,35,47)(H,45,46)/t10-,14+,16-,17-,22+,27-,28-,29-,30+,32-,34-/m0/s1. The summed E-state index contributed by atoms with van der Waals surface area (Å²) in [6.07, 6.45) is -18.5. The molecule has 9 N–H and O–H groups in total. The number of phenolic OH excluding ortho intramolecular Hbond substituents is 2. The highest BCUT2D eigenvalue weighted by Crippen LogP contribution is 2.52. The maximum absolute atomic E-state index is 13.9. The van der Waals surface area contributed by atoms with Crippen molar-refractivity contribution in [3.8, 4) is 17.2 Å². The van der Waals surface area contributed by atoms with Gasteiger partial charge in [-0.15, -0.1) is 0 Å². The molecule has 0 spiro atoms. The van der Waals surface area contributed by atoms with E-state index in [0.717, 1.165) is 6.92 Å². The maximum atomic E-state index is 13.9. The SMILES string of the molecule is COc1cccc2c1C(=O)c1c(O)c3c(c(O)c1C2=O)C[C@@](O)(C(C)=O)C[C@@H]3O[C@H]1C[C@@H](NC(=O)O[C@@H]2O[C@@H](C(=O)O)[C@@H](O)[C@H](O)[C@@H]2O)[C@H](O)[C@H](C)O1. The molecular weight excluding hydrogens is 710 g/mol. The number of rotatable bonds is 7. The fourth-order valence-electron chi connectivity index (χ4n) is 7.21. The van der Waals surface area contributed by atoms with Crippen molar-refractivity contribution in [2.24, 2.45) is 0 Å². The van der Waals surface area contributed by atoms with Crippen molar-refractivity contribution in [1.82, 2.24) is 5.32 Å². The number of fused-ring (bicyclic) bond motifs is 3. The van der Waals surface area contributed by atoms with Crippen LogP contribution in [0.5, 0.6) is 17.2 Å². The number of aliphatic hydroxyl groups excluding tert-OH is 4. The minimum absolute atomic E-state index is 0.0297. The maximum Gasteiger partial charge on any atom is 0.409 e. The Hall–Kier alpha value is -4.73. The lowest BCUT2D eigenvalue weighted by atomic mass is 9.72. The minimum Gasteiger partial charge on any atom is -0.507 e. The fraction of sp³-hybridized carbons (Fsp3) is 0.500. The predicted molar refractivity (Wildman–Crippen MR) is 170 cm³/mol. The van der Waals surface area contributed by atoms with E-state index in [-0.39, 0.29) is 34.4 Å². The van der Waals surface area contributed by atoms with Gasteiger partial charge in [0.05, 0.1) is 42.0 Å². The third kappa shape index (κ3) is 6.38. The van der Waals surface area contributed by atoms with Gasteiger partial charge in [0.1, 0.15) is 47.3 Å². The first-order chi connectivity index (χ1) is 24.9. The number of carbonyl (C=O) groups excluding carboxylic acids is 4. The molecule has 0 saturated carbocycles. The Bertz CT molecular complexity index is 1880. The molecule has 0 bridgehead atoms. The van der Waals surface area contributed by atoms with Crippen LogP contribution in [0.3, 0.4) is 0 Å². The number of carbonyl (C=O) groups is 5. The first kappa shape index (κ1) is 38.0. The van der Waals surface area contributed by atoms with E-state index in [0.29, 0.717) is 0 Å². The zero-order chi connectivity index (χ0) is 38.8. The van der Waals surface area contributed by atoms with Gasteiger partial charge in [0.25, 0.3) is 0 Å². The molecule has 19 nitrogen and oxygen atoms in total. The van der Waals surface area contributed by atoms with Gasteiger partial charge in [-0.2, -0.15) is 0 Å². The highest BCUT2D eigenvalue weighted by molar-refractivity contribution is 6.31. The molecule has 19 heteroatoms. The quantitative estimate of drug-likeness (QED) is 0.127. The first-order valence-electron chi connectivity index (χ1n) is 16.4. The van der Waals surface area contributed by atoms with E-state index < -0.39 is 132 Å². The molecule has 53 heavy (non-hydrogen) atoms. The first-order valence-corrected chi connectivity index (χ1v) is 16.4. The molecule has 0 radical (unpaired) electrons. The lowest BCUT2D eigenvalue weighted by Gasteiger charge is -2.43. The summed E-state index contributed by atoms with van der Waals surface area (Å²) in [5.74, 6) is -5.65. The summed E-state index contributed by atoms with van der Waals surface area (Å²) in [4.78, 5) is 64.6. The molecule has 2 aliphatic heterocycles. The van der Waals surface area contributed by atoms with Crippen LogP contribution in [-0.4, -0.2) is 138 Å². The number of phenols is 2. The number of ether oxygens (including phenoxy) is 5. The Kier molecular flexibility index (Phi) is 9.98. The van der Waals surface area contributed by atoms with E-state index in [1.807, 2.05) is 0 Å². The Morgan fingerprint density at radius 1 is 0.925 bits per heavy atom. The minimum atomic E-state index is -2.20. The molecule has 2 saturated heterocycles. The second-order valence-corrected chi connectivity index (χ2v) is 13.4. The van der Waals surface area contributed by atoms with E-state index in [4.69, 9.17) is 23.7 Å². The number of aliphatic carboxylic acids is 1. The van der Waals surface area contributed by atoms with E-state index >= 15 is 0 Å². The van der Waals surface area contributed by atoms with Crippen molar-refractivity contribution >= 4 is 29.4 Å². The largest absolute Gasteiger partial charge is 0.507 e. The number of carboxylic acids is 1. The Balaban J connectivity index is 1.29. The summed E-state index contributed by atoms with van der Waals surface area (Å²) in [5, 5.41) is 87.2. The number of carboxylic acid groups (broad SMARTS) is 1. The molecule has 2 heterocycles. The normalized spacial score (nSPS) is 33.6. The van der Waals surface area contributed by atoms with Crippen LogP contribution in [-0.2, 0) is 35.0 Å². The summed E-state index contributed by atoms with van der Waals surface area (Å²) in [7, 11) is 1.28. The second-order valence-electron chi connectivity index (χ2n) is 13.4. The summed E-state index contributed by atoms with van der Waals surface area (Å²) >= 11 is 0. The van der Waals surface area contributed by atoms with Gasteiger partial charge in [-0.3, -0.25) is 14.4 Å². The van der Waals surface area contributed by atoms with Gasteiger partial charge in [0.15, 0.2) is 24.0 Å². The van der Waals surface area contributed by atoms with E-state index in [1.54, 1.807) is 0 Å². The molecule has 1 amide bonds. The van der Waals surface area contributed by atoms with Crippen LogP contribution in [0, 0.1) is 0 Å². The lowest BCUT2D eigenvalue weighted by Crippen LogP contribution is -2.61. The Morgan fingerprint density at radius 3 is 2.25 bits per heavy atom. The lowest BCUT2D eigenvalue weighted by molar-refractivity contribution is -0.279. The zero-order valence-electron chi connectivity index (χ0n) is 28.3. The second kappa shape index (κ2) is 13.9. The van der Waals surface area contributed by atoms with Crippen LogP contribution in [0.4, 0.5) is 4.79 Å². The zero-order valence-corrected chi connectivity index (χ0v) is 28.3. The number of Topliss-reactive ketones (excluding diaryl/α,β-unsaturated/α-hetero) is 1. The van der Waals surface area contributed by atoms with E-state index in [1.165, 1.54) is 32.2 Å². The number of aliphatic hydroxyl groups is 5. The van der Waals surface area contributed by atoms with Crippen LogP contribution in [0.1, 0.15) is 75.8 Å². The van der Waals surface area contributed by atoms with Crippen molar-refractivity contribution in [1.29, 1.82) is 0 Å². The van der Waals surface area contributed by atoms with Crippen molar-refractivity contribution in [2.75, 3.05) is 7.11 Å². The smallest absolute Gasteiger partial charge is 0.409 e. The molecule has 2 fully saturated rings. The molecule has 0 aromatic heterocycles. The van der Waals surface area contributed by atoms with Crippen molar-refractivity contribution in [3.63, 3.8) is 0 Å². The number of alkyl carbamates (subject to hydrolysis) is 1. The summed E-state index contributed by atoms with van der Waals surface area (Å²) < 4.78 is 27.1. The molecular formula is C34H37NO18. The highest BCUT2D eigenvalue weighted by Gasteiger charge is 2.51. The number of methoxy groups -OCH3 is 1. The van der Waals surface area contributed by atoms with Gasteiger partial charge in [-0.05, 0) is 19.9 Å². The third-order valence-corrected chi connectivity index (χ3v) is 10.1. The molecule has 4 aliphatic rings. The average molecular weight is 748 g/mol. The third-order valence-electron chi connectivity index (χ3n) is 10.1. The Labute approximate surface area is 299 Å². The van der Waals surface area contributed by atoms with Gasteiger partial charge in [0.2, 0.25) is 12.1 Å².